The third-order valence-corrected chi connectivity index (χ3v) is 4.63. The lowest BCUT2D eigenvalue weighted by atomic mass is 9.90. The van der Waals surface area contributed by atoms with Gasteiger partial charge in [0.15, 0.2) is 0 Å². The highest BCUT2D eigenvalue weighted by molar-refractivity contribution is 5.90. The molecule has 1 aromatic carbocycles. The second kappa shape index (κ2) is 7.55. The maximum absolute atomic E-state index is 12.3. The van der Waals surface area contributed by atoms with E-state index in [2.05, 4.69) is 5.32 Å². The Morgan fingerprint density at radius 3 is 2.48 bits per heavy atom. The van der Waals surface area contributed by atoms with Crippen molar-refractivity contribution in [1.29, 1.82) is 0 Å². The minimum absolute atomic E-state index is 0.197. The summed E-state index contributed by atoms with van der Waals surface area (Å²) in [6.07, 6.45) is 1.00. The van der Waals surface area contributed by atoms with Crippen LogP contribution >= 0.6 is 0 Å². The minimum Gasteiger partial charge on any atom is -0.481 e. The molecule has 136 valence electrons. The average Bonchev–Trinajstić information content (AvgIpc) is 3.00. The van der Waals surface area contributed by atoms with Crippen LogP contribution in [-0.2, 0) is 20.7 Å². The van der Waals surface area contributed by atoms with Crippen LogP contribution in [0.1, 0.15) is 25.8 Å². The van der Waals surface area contributed by atoms with Crippen molar-refractivity contribution in [2.45, 2.75) is 26.7 Å². The predicted octanol–water partition coefficient (Wildman–Crippen LogP) is 2.37. The first-order chi connectivity index (χ1) is 11.7. The van der Waals surface area contributed by atoms with Crippen LogP contribution in [0, 0.1) is 11.3 Å². The molecule has 7 nitrogen and oxygen atoms in total. The highest BCUT2D eigenvalue weighted by Gasteiger charge is 2.42. The molecular weight excluding hydrogens is 324 g/mol. The Labute approximate surface area is 147 Å². The second-order valence-corrected chi connectivity index (χ2v) is 6.79. The zero-order valence-corrected chi connectivity index (χ0v) is 14.7. The van der Waals surface area contributed by atoms with Crippen molar-refractivity contribution in [3.8, 4) is 0 Å². The number of hydrogen-bond acceptors (Lipinski definition) is 4. The van der Waals surface area contributed by atoms with E-state index in [1.165, 1.54) is 12.0 Å². The molecule has 1 heterocycles. The number of carbonyl (C=O) groups excluding carboxylic acids is 2. The number of methoxy groups -OCH3 is 1. The predicted molar refractivity (Wildman–Crippen MR) is 92.3 cm³/mol. The SMILES string of the molecule is COC(=O)C(C)Cc1ccc(NC(=O)N2CCC(C)(C(=O)O)C2)cc1. The van der Waals surface area contributed by atoms with Crippen molar-refractivity contribution in [2.24, 2.45) is 11.3 Å². The van der Waals surface area contributed by atoms with E-state index in [1.54, 1.807) is 26.0 Å². The van der Waals surface area contributed by atoms with Crippen molar-refractivity contribution in [2.75, 3.05) is 25.5 Å². The number of urea groups is 1. The number of rotatable bonds is 5. The van der Waals surface area contributed by atoms with E-state index in [4.69, 9.17) is 4.74 Å². The Balaban J connectivity index is 1.92. The van der Waals surface area contributed by atoms with Crippen LogP contribution in [0.3, 0.4) is 0 Å². The maximum atomic E-state index is 12.3. The van der Waals surface area contributed by atoms with E-state index >= 15 is 0 Å². The highest BCUT2D eigenvalue weighted by Crippen LogP contribution is 2.30. The molecule has 1 aliphatic rings. The number of carbonyl (C=O) groups is 3. The maximum Gasteiger partial charge on any atom is 0.321 e. The molecule has 0 spiro atoms. The molecule has 0 aromatic heterocycles. The monoisotopic (exact) mass is 348 g/mol. The summed E-state index contributed by atoms with van der Waals surface area (Å²) in [5.41, 5.74) is 0.713. The van der Waals surface area contributed by atoms with E-state index in [1.807, 2.05) is 12.1 Å². The molecule has 0 saturated carbocycles. The second-order valence-electron chi connectivity index (χ2n) is 6.79. The van der Waals surface area contributed by atoms with Gasteiger partial charge in [-0.15, -0.1) is 0 Å². The molecule has 2 N–H and O–H groups in total. The first-order valence-electron chi connectivity index (χ1n) is 8.21. The normalized spacial score (nSPS) is 20.8. The van der Waals surface area contributed by atoms with E-state index in [-0.39, 0.29) is 24.5 Å². The van der Waals surface area contributed by atoms with Crippen LogP contribution in [0.2, 0.25) is 0 Å². The van der Waals surface area contributed by atoms with Gasteiger partial charge in [0.25, 0.3) is 0 Å². The Bertz CT molecular complexity index is 658. The van der Waals surface area contributed by atoms with Gasteiger partial charge in [-0.25, -0.2) is 4.79 Å². The number of esters is 1. The summed E-state index contributed by atoms with van der Waals surface area (Å²) in [6.45, 7) is 4.07. The van der Waals surface area contributed by atoms with Crippen LogP contribution in [0.25, 0.3) is 0 Å². The molecule has 0 radical (unpaired) electrons. The van der Waals surface area contributed by atoms with Crippen LogP contribution < -0.4 is 5.32 Å². The molecule has 1 aromatic rings. The molecule has 2 rings (SSSR count). The Kier molecular flexibility index (Phi) is 5.66. The molecular formula is C18H24N2O5. The first-order valence-corrected chi connectivity index (χ1v) is 8.21. The van der Waals surface area contributed by atoms with Gasteiger partial charge < -0.3 is 20.1 Å². The molecule has 1 saturated heterocycles. The number of carboxylic acid groups (broad SMARTS) is 1. The molecule has 1 fully saturated rings. The summed E-state index contributed by atoms with van der Waals surface area (Å²) >= 11 is 0. The van der Waals surface area contributed by atoms with E-state index in [9.17, 15) is 19.5 Å². The first kappa shape index (κ1) is 18.8. The Morgan fingerprint density at radius 2 is 1.96 bits per heavy atom. The number of ether oxygens (including phenoxy) is 1. The fraction of sp³-hybridized carbons (Fsp3) is 0.500. The van der Waals surface area contributed by atoms with E-state index in [0.29, 0.717) is 25.1 Å². The van der Waals surface area contributed by atoms with Gasteiger partial charge in [0.05, 0.1) is 18.4 Å². The number of likely N-dealkylation sites (tertiary alicyclic amines) is 1. The molecule has 2 unspecified atom stereocenters. The van der Waals surface area contributed by atoms with Crippen molar-refractivity contribution in [3.05, 3.63) is 29.8 Å². The summed E-state index contributed by atoms with van der Waals surface area (Å²) in [6, 6.07) is 6.93. The summed E-state index contributed by atoms with van der Waals surface area (Å²) < 4.78 is 4.71. The number of aliphatic carboxylic acids is 1. The standard InChI is InChI=1S/C18H24N2O5/c1-12(15(21)25-3)10-13-4-6-14(7-5-13)19-17(24)20-9-8-18(2,11-20)16(22)23/h4-7,12H,8-11H2,1-3H3,(H,19,24)(H,22,23). The van der Waals surface area contributed by atoms with Gasteiger partial charge in [0.2, 0.25) is 0 Å². The highest BCUT2D eigenvalue weighted by atomic mass is 16.5. The van der Waals surface area contributed by atoms with Crippen molar-refractivity contribution < 1.29 is 24.2 Å². The summed E-state index contributed by atoms with van der Waals surface area (Å²) in [5.74, 6) is -1.37. The number of nitrogens with zero attached hydrogens (tertiary/aromatic N) is 1. The van der Waals surface area contributed by atoms with E-state index < -0.39 is 11.4 Å². The smallest absolute Gasteiger partial charge is 0.321 e. The van der Waals surface area contributed by atoms with Crippen LogP contribution in [0.15, 0.2) is 24.3 Å². The van der Waals surface area contributed by atoms with Crippen LogP contribution in [0.5, 0.6) is 0 Å². The molecule has 25 heavy (non-hydrogen) atoms. The molecule has 2 atom stereocenters. The van der Waals surface area contributed by atoms with Gasteiger partial charge in [-0.2, -0.15) is 0 Å². The number of hydrogen-bond donors (Lipinski definition) is 2. The van der Waals surface area contributed by atoms with E-state index in [0.717, 1.165) is 5.56 Å². The summed E-state index contributed by atoms with van der Waals surface area (Å²) in [7, 11) is 1.37. The molecule has 0 aliphatic carbocycles. The van der Waals surface area contributed by atoms with Gasteiger partial charge in [-0.3, -0.25) is 9.59 Å². The number of carboxylic acids is 1. The van der Waals surface area contributed by atoms with Gasteiger partial charge in [0.1, 0.15) is 0 Å². The van der Waals surface area contributed by atoms with Gasteiger partial charge in [-0.1, -0.05) is 19.1 Å². The Hall–Kier alpha value is -2.57. The average molecular weight is 348 g/mol. The molecule has 0 bridgehead atoms. The van der Waals surface area contributed by atoms with Crippen LogP contribution in [-0.4, -0.2) is 48.2 Å². The lowest BCUT2D eigenvalue weighted by molar-refractivity contribution is -0.147. The third kappa shape index (κ3) is 4.49. The lowest BCUT2D eigenvalue weighted by Gasteiger charge is -2.20. The Morgan fingerprint density at radius 1 is 1.32 bits per heavy atom. The largest absolute Gasteiger partial charge is 0.481 e. The zero-order chi connectivity index (χ0) is 18.6. The fourth-order valence-electron chi connectivity index (χ4n) is 2.87. The topological polar surface area (TPSA) is 95.9 Å². The third-order valence-electron chi connectivity index (χ3n) is 4.63. The fourth-order valence-corrected chi connectivity index (χ4v) is 2.87. The van der Waals surface area contributed by atoms with Crippen LogP contribution in [0.4, 0.5) is 10.5 Å². The summed E-state index contributed by atoms with van der Waals surface area (Å²) in [4.78, 5) is 36.5. The molecule has 1 aliphatic heterocycles. The van der Waals surface area contributed by atoms with Gasteiger partial charge in [0, 0.05) is 18.8 Å². The lowest BCUT2D eigenvalue weighted by Crippen LogP contribution is -2.37. The molecule has 2 amide bonds. The van der Waals surface area contributed by atoms with Crippen molar-refractivity contribution in [3.63, 3.8) is 0 Å². The van der Waals surface area contributed by atoms with Crippen molar-refractivity contribution >= 4 is 23.7 Å². The summed E-state index contributed by atoms with van der Waals surface area (Å²) in [5, 5.41) is 12.0. The number of benzene rings is 1. The number of amides is 2. The quantitative estimate of drug-likeness (QED) is 0.797. The van der Waals surface area contributed by atoms with Gasteiger partial charge in [-0.05, 0) is 37.5 Å². The minimum atomic E-state index is -0.884. The van der Waals surface area contributed by atoms with Gasteiger partial charge >= 0.3 is 18.0 Å². The molecule has 7 heteroatoms. The van der Waals surface area contributed by atoms with Crippen molar-refractivity contribution in [1.82, 2.24) is 4.90 Å². The number of anilines is 1. The number of nitrogens with one attached hydrogen (secondary N) is 1. The zero-order valence-electron chi connectivity index (χ0n) is 14.7.